The first-order valence-corrected chi connectivity index (χ1v) is 8.82. The highest BCUT2D eigenvalue weighted by Crippen LogP contribution is 2.31. The molecule has 1 saturated heterocycles. The molecule has 2 aromatic rings. The van der Waals surface area contributed by atoms with E-state index < -0.39 is 11.7 Å². The number of halogens is 3. The summed E-state index contributed by atoms with van der Waals surface area (Å²) in [6.07, 6.45) is -4.37. The van der Waals surface area contributed by atoms with Gasteiger partial charge in [-0.3, -0.25) is 4.79 Å². The number of carbonyl (C=O) groups is 1. The first kappa shape index (κ1) is 18.4. The Labute approximate surface area is 151 Å². The van der Waals surface area contributed by atoms with E-state index in [1.54, 1.807) is 11.0 Å². The normalized spacial score (nSPS) is 15.3. The first-order valence-electron chi connectivity index (χ1n) is 7.83. The SMILES string of the molecule is Nc1nc(SCC(=O)N2CCN(c3cccc(C(F)(F)F)c3)CC2)n[nH]1. The molecular weight excluding hydrogens is 369 g/mol. The molecule has 0 unspecified atom stereocenters. The molecule has 1 aliphatic rings. The van der Waals surface area contributed by atoms with Crippen molar-refractivity contribution in [3.05, 3.63) is 29.8 Å². The lowest BCUT2D eigenvalue weighted by Crippen LogP contribution is -2.49. The molecule has 0 atom stereocenters. The number of piperazine rings is 1. The van der Waals surface area contributed by atoms with Crippen LogP contribution in [0.2, 0.25) is 0 Å². The van der Waals surface area contributed by atoms with Gasteiger partial charge in [0, 0.05) is 31.9 Å². The van der Waals surface area contributed by atoms with Crippen molar-refractivity contribution in [3.63, 3.8) is 0 Å². The van der Waals surface area contributed by atoms with E-state index in [9.17, 15) is 18.0 Å². The average molecular weight is 386 g/mol. The van der Waals surface area contributed by atoms with Crippen LogP contribution in [0.5, 0.6) is 0 Å². The number of hydrogen-bond donors (Lipinski definition) is 2. The minimum Gasteiger partial charge on any atom is -0.368 e. The summed E-state index contributed by atoms with van der Waals surface area (Å²) in [4.78, 5) is 19.7. The van der Waals surface area contributed by atoms with Gasteiger partial charge in [-0.1, -0.05) is 17.8 Å². The van der Waals surface area contributed by atoms with Gasteiger partial charge in [0.05, 0.1) is 11.3 Å². The molecule has 2 heterocycles. The maximum Gasteiger partial charge on any atom is 0.416 e. The van der Waals surface area contributed by atoms with E-state index in [2.05, 4.69) is 15.2 Å². The number of nitrogens with one attached hydrogen (secondary N) is 1. The van der Waals surface area contributed by atoms with E-state index >= 15 is 0 Å². The lowest BCUT2D eigenvalue weighted by molar-refractivity contribution is -0.137. The van der Waals surface area contributed by atoms with Crippen molar-refractivity contribution in [1.82, 2.24) is 20.1 Å². The van der Waals surface area contributed by atoms with Gasteiger partial charge < -0.3 is 15.5 Å². The Morgan fingerprint density at radius 3 is 2.62 bits per heavy atom. The summed E-state index contributed by atoms with van der Waals surface area (Å²) >= 11 is 1.18. The molecule has 1 aromatic heterocycles. The van der Waals surface area contributed by atoms with Crippen LogP contribution < -0.4 is 10.6 Å². The molecule has 1 aromatic carbocycles. The van der Waals surface area contributed by atoms with Crippen LogP contribution >= 0.6 is 11.8 Å². The van der Waals surface area contributed by atoms with E-state index in [1.165, 1.54) is 17.8 Å². The second-order valence-electron chi connectivity index (χ2n) is 5.71. The Morgan fingerprint density at radius 1 is 1.27 bits per heavy atom. The molecule has 7 nitrogen and oxygen atoms in total. The molecule has 0 bridgehead atoms. The van der Waals surface area contributed by atoms with Gasteiger partial charge in [0.25, 0.3) is 0 Å². The quantitative estimate of drug-likeness (QED) is 0.780. The molecule has 1 fully saturated rings. The number of nitrogens with two attached hydrogens (primary N) is 1. The topological polar surface area (TPSA) is 91.1 Å². The van der Waals surface area contributed by atoms with Crippen LogP contribution in [-0.4, -0.2) is 57.9 Å². The smallest absolute Gasteiger partial charge is 0.368 e. The van der Waals surface area contributed by atoms with Crippen LogP contribution in [0.4, 0.5) is 24.8 Å². The third-order valence-corrected chi connectivity index (χ3v) is 4.81. The fourth-order valence-corrected chi connectivity index (χ4v) is 3.34. The van der Waals surface area contributed by atoms with Gasteiger partial charge in [-0.2, -0.15) is 18.2 Å². The number of aromatic nitrogens is 3. The molecule has 11 heteroatoms. The zero-order chi connectivity index (χ0) is 18.7. The Hall–Kier alpha value is -2.43. The fraction of sp³-hybridized carbons (Fsp3) is 0.400. The van der Waals surface area contributed by atoms with Gasteiger partial charge in [0.1, 0.15) is 0 Å². The third kappa shape index (κ3) is 4.40. The Kier molecular flexibility index (Phi) is 5.25. The van der Waals surface area contributed by atoms with Crippen molar-refractivity contribution in [2.24, 2.45) is 0 Å². The highest BCUT2D eigenvalue weighted by Gasteiger charge is 2.31. The number of carbonyl (C=O) groups excluding carboxylic acids is 1. The number of aromatic amines is 1. The number of hydrogen-bond acceptors (Lipinski definition) is 6. The van der Waals surface area contributed by atoms with Crippen LogP contribution in [0.3, 0.4) is 0 Å². The van der Waals surface area contributed by atoms with Crippen molar-refractivity contribution in [2.45, 2.75) is 11.3 Å². The van der Waals surface area contributed by atoms with Crippen LogP contribution in [0.25, 0.3) is 0 Å². The minimum atomic E-state index is -4.37. The van der Waals surface area contributed by atoms with Gasteiger partial charge >= 0.3 is 6.18 Å². The summed E-state index contributed by atoms with van der Waals surface area (Å²) in [6, 6.07) is 5.24. The monoisotopic (exact) mass is 386 g/mol. The standard InChI is InChI=1S/C15H17F3N6OS/c16-15(17,18)10-2-1-3-11(8-10)23-4-6-24(7-5-23)12(25)9-26-14-20-13(19)21-22-14/h1-3,8H,4-7,9H2,(H3,19,20,21,22). The first-order chi connectivity index (χ1) is 12.3. The molecule has 3 N–H and O–H groups in total. The lowest BCUT2D eigenvalue weighted by atomic mass is 10.1. The summed E-state index contributed by atoms with van der Waals surface area (Å²) in [5.74, 6) is 0.303. The van der Waals surface area contributed by atoms with Gasteiger partial charge in [-0.15, -0.1) is 5.10 Å². The van der Waals surface area contributed by atoms with Gasteiger partial charge in [-0.25, -0.2) is 5.10 Å². The number of nitrogens with zero attached hydrogens (tertiary/aromatic N) is 4. The number of anilines is 2. The largest absolute Gasteiger partial charge is 0.416 e. The zero-order valence-electron chi connectivity index (χ0n) is 13.7. The number of rotatable bonds is 4. The van der Waals surface area contributed by atoms with Crippen LogP contribution in [-0.2, 0) is 11.0 Å². The van der Waals surface area contributed by atoms with Gasteiger partial charge in [-0.05, 0) is 18.2 Å². The van der Waals surface area contributed by atoms with E-state index in [1.807, 2.05) is 4.90 Å². The molecular formula is C15H17F3N6OS. The predicted molar refractivity (Wildman–Crippen MR) is 91.8 cm³/mol. The molecule has 1 amide bonds. The molecule has 140 valence electrons. The average Bonchev–Trinajstić information content (AvgIpc) is 3.04. The van der Waals surface area contributed by atoms with E-state index in [-0.39, 0.29) is 17.6 Å². The highest BCUT2D eigenvalue weighted by molar-refractivity contribution is 7.99. The number of benzene rings is 1. The summed E-state index contributed by atoms with van der Waals surface area (Å²) in [7, 11) is 0. The highest BCUT2D eigenvalue weighted by atomic mass is 32.2. The molecule has 1 aliphatic heterocycles. The summed E-state index contributed by atoms with van der Waals surface area (Å²) in [6.45, 7) is 1.86. The van der Waals surface area contributed by atoms with Crippen molar-refractivity contribution in [1.29, 1.82) is 0 Å². The number of nitrogen functional groups attached to an aromatic ring is 1. The van der Waals surface area contributed by atoms with Crippen molar-refractivity contribution in [3.8, 4) is 0 Å². The van der Waals surface area contributed by atoms with Crippen molar-refractivity contribution in [2.75, 3.05) is 42.6 Å². The Bertz CT molecular complexity index is 773. The maximum atomic E-state index is 12.8. The Balaban J connectivity index is 1.53. The fourth-order valence-electron chi connectivity index (χ4n) is 2.63. The van der Waals surface area contributed by atoms with E-state index in [0.717, 1.165) is 12.1 Å². The summed E-state index contributed by atoms with van der Waals surface area (Å²) in [5.41, 5.74) is 5.26. The van der Waals surface area contributed by atoms with Crippen molar-refractivity contribution < 1.29 is 18.0 Å². The molecule has 0 radical (unpaired) electrons. The summed E-state index contributed by atoms with van der Waals surface area (Å²) < 4.78 is 38.5. The molecule has 0 saturated carbocycles. The van der Waals surface area contributed by atoms with Crippen LogP contribution in [0, 0.1) is 0 Å². The second kappa shape index (κ2) is 7.44. The van der Waals surface area contributed by atoms with E-state index in [4.69, 9.17) is 5.73 Å². The Morgan fingerprint density at radius 2 is 2.00 bits per heavy atom. The second-order valence-corrected chi connectivity index (χ2v) is 6.65. The number of thioether (sulfide) groups is 1. The van der Waals surface area contributed by atoms with Crippen LogP contribution in [0.1, 0.15) is 5.56 Å². The maximum absolute atomic E-state index is 12.8. The third-order valence-electron chi connectivity index (χ3n) is 3.98. The van der Waals surface area contributed by atoms with Gasteiger partial charge in [0.2, 0.25) is 17.0 Å². The molecule has 0 spiro atoms. The van der Waals surface area contributed by atoms with Crippen LogP contribution in [0.15, 0.2) is 29.4 Å². The molecule has 0 aliphatic carbocycles. The number of H-pyrrole nitrogens is 1. The minimum absolute atomic E-state index is 0.0675. The molecule has 26 heavy (non-hydrogen) atoms. The number of alkyl halides is 3. The number of amides is 1. The van der Waals surface area contributed by atoms with Crippen molar-refractivity contribution >= 4 is 29.3 Å². The molecule has 3 rings (SSSR count). The summed E-state index contributed by atoms with van der Waals surface area (Å²) in [5, 5.41) is 6.74. The predicted octanol–water partition coefficient (Wildman–Crippen LogP) is 1.85. The van der Waals surface area contributed by atoms with E-state index in [0.29, 0.717) is 37.0 Å². The lowest BCUT2D eigenvalue weighted by Gasteiger charge is -2.36. The van der Waals surface area contributed by atoms with Gasteiger partial charge in [0.15, 0.2) is 0 Å². The zero-order valence-corrected chi connectivity index (χ0v) is 14.5.